The molecule has 0 unspecified atom stereocenters. The molecule has 0 atom stereocenters. The number of halogens is 1. The summed E-state index contributed by atoms with van der Waals surface area (Å²) in [7, 11) is 1.56. The SMILES string of the molecule is COc1cc(C2C3=C(CC(C)(C)CC3=O)N(Cc3ccccc3)C3=C2C(=O)CC(C)(C)C3)ccc1OCc1ccccc1F. The fraction of sp³-hybridized carbons (Fsp3) is 0.368. The fourth-order valence-corrected chi connectivity index (χ4v) is 7.09. The molecule has 228 valence electrons. The lowest BCUT2D eigenvalue weighted by Gasteiger charge is -2.49. The Labute approximate surface area is 259 Å². The van der Waals surface area contributed by atoms with Crippen LogP contribution in [0.15, 0.2) is 95.3 Å². The average molecular weight is 594 g/mol. The van der Waals surface area contributed by atoms with Crippen molar-refractivity contribution in [3.63, 3.8) is 0 Å². The summed E-state index contributed by atoms with van der Waals surface area (Å²) in [4.78, 5) is 30.6. The highest BCUT2D eigenvalue weighted by molar-refractivity contribution is 6.06. The van der Waals surface area contributed by atoms with Crippen LogP contribution in [0.25, 0.3) is 0 Å². The molecule has 44 heavy (non-hydrogen) atoms. The molecule has 2 aliphatic carbocycles. The van der Waals surface area contributed by atoms with Gasteiger partial charge in [0.1, 0.15) is 12.4 Å². The van der Waals surface area contributed by atoms with Crippen LogP contribution in [0.3, 0.4) is 0 Å². The van der Waals surface area contributed by atoms with E-state index >= 15 is 0 Å². The highest BCUT2D eigenvalue weighted by atomic mass is 19.1. The summed E-state index contributed by atoms with van der Waals surface area (Å²) in [5.41, 5.74) is 5.46. The Hall–Kier alpha value is -4.19. The number of methoxy groups -OCH3 is 1. The number of hydrogen-bond acceptors (Lipinski definition) is 5. The van der Waals surface area contributed by atoms with Crippen molar-refractivity contribution >= 4 is 11.6 Å². The molecule has 3 aromatic rings. The van der Waals surface area contributed by atoms with Crippen LogP contribution in [-0.4, -0.2) is 23.6 Å². The second-order valence-corrected chi connectivity index (χ2v) is 13.9. The number of carbonyl (C=O) groups excluding carboxylic acids is 2. The smallest absolute Gasteiger partial charge is 0.162 e. The molecule has 0 aromatic heterocycles. The van der Waals surface area contributed by atoms with Crippen LogP contribution >= 0.6 is 0 Å². The highest BCUT2D eigenvalue weighted by Gasteiger charge is 2.49. The molecular formula is C38H40FNO4. The summed E-state index contributed by atoms with van der Waals surface area (Å²) in [5.74, 6) is 0.291. The van der Waals surface area contributed by atoms with Gasteiger partial charge in [-0.05, 0) is 53.0 Å². The molecule has 0 N–H and O–H groups in total. The molecule has 6 heteroatoms. The fourth-order valence-electron chi connectivity index (χ4n) is 7.09. The molecule has 1 heterocycles. The number of hydrogen-bond donors (Lipinski definition) is 0. The average Bonchev–Trinajstić information content (AvgIpc) is 2.97. The Balaban J connectivity index is 1.48. The normalized spacial score (nSPS) is 19.5. The zero-order valence-corrected chi connectivity index (χ0v) is 26.2. The monoisotopic (exact) mass is 593 g/mol. The summed E-state index contributed by atoms with van der Waals surface area (Å²) in [6.45, 7) is 9.24. The minimum atomic E-state index is -0.492. The molecule has 0 bridgehead atoms. The lowest BCUT2D eigenvalue weighted by Crippen LogP contribution is -2.44. The molecule has 0 fully saturated rings. The second-order valence-electron chi connectivity index (χ2n) is 13.9. The molecule has 0 spiro atoms. The number of nitrogens with zero attached hydrogens (tertiary/aromatic N) is 1. The van der Waals surface area contributed by atoms with Gasteiger partial charge >= 0.3 is 0 Å². The lowest BCUT2D eigenvalue weighted by molar-refractivity contribution is -0.119. The number of carbonyl (C=O) groups is 2. The Kier molecular flexibility index (Phi) is 7.73. The summed E-state index contributed by atoms with van der Waals surface area (Å²) < 4.78 is 26.0. The van der Waals surface area contributed by atoms with E-state index in [1.807, 2.05) is 30.3 Å². The van der Waals surface area contributed by atoms with E-state index in [9.17, 15) is 14.0 Å². The van der Waals surface area contributed by atoms with Crippen molar-refractivity contribution in [2.75, 3.05) is 7.11 Å². The first-order valence-corrected chi connectivity index (χ1v) is 15.3. The van der Waals surface area contributed by atoms with E-state index in [-0.39, 0.29) is 34.8 Å². The number of ketones is 2. The second kappa shape index (κ2) is 11.4. The number of Topliss-reactive ketones (excluding diaryl/α,β-unsaturated/α-hetero) is 2. The molecular weight excluding hydrogens is 553 g/mol. The first kappa shape index (κ1) is 29.9. The van der Waals surface area contributed by atoms with Gasteiger partial charge in [-0.1, -0.05) is 82.3 Å². The molecule has 6 rings (SSSR count). The van der Waals surface area contributed by atoms with Crippen molar-refractivity contribution in [1.82, 2.24) is 4.90 Å². The van der Waals surface area contributed by atoms with E-state index < -0.39 is 5.92 Å². The van der Waals surface area contributed by atoms with Crippen molar-refractivity contribution in [3.8, 4) is 11.5 Å². The van der Waals surface area contributed by atoms with E-state index in [1.165, 1.54) is 6.07 Å². The van der Waals surface area contributed by atoms with Crippen LogP contribution in [0, 0.1) is 16.6 Å². The molecule has 0 saturated heterocycles. The maximum atomic E-state index is 14.3. The van der Waals surface area contributed by atoms with Gasteiger partial charge in [0, 0.05) is 53.4 Å². The summed E-state index contributed by atoms with van der Waals surface area (Å²) in [6.07, 6.45) is 2.32. The van der Waals surface area contributed by atoms with Gasteiger partial charge in [-0.2, -0.15) is 0 Å². The summed E-state index contributed by atoms with van der Waals surface area (Å²) in [6, 6.07) is 22.4. The Morgan fingerprint density at radius 3 is 1.95 bits per heavy atom. The molecule has 0 amide bonds. The van der Waals surface area contributed by atoms with Gasteiger partial charge in [0.25, 0.3) is 0 Å². The number of rotatable bonds is 7. The predicted octanol–water partition coefficient (Wildman–Crippen LogP) is 8.30. The Morgan fingerprint density at radius 2 is 1.36 bits per heavy atom. The first-order chi connectivity index (χ1) is 21.0. The molecule has 5 nitrogen and oxygen atoms in total. The Morgan fingerprint density at radius 1 is 0.773 bits per heavy atom. The highest BCUT2D eigenvalue weighted by Crippen LogP contribution is 2.55. The van der Waals surface area contributed by atoms with Crippen LogP contribution < -0.4 is 9.47 Å². The number of benzene rings is 3. The number of allylic oxidation sites excluding steroid dienone is 4. The van der Waals surface area contributed by atoms with Gasteiger partial charge in [-0.25, -0.2) is 4.39 Å². The minimum Gasteiger partial charge on any atom is -0.493 e. The van der Waals surface area contributed by atoms with Gasteiger partial charge in [-0.3, -0.25) is 9.59 Å². The maximum Gasteiger partial charge on any atom is 0.162 e. The van der Waals surface area contributed by atoms with E-state index in [1.54, 1.807) is 31.4 Å². The van der Waals surface area contributed by atoms with Gasteiger partial charge in [0.2, 0.25) is 0 Å². The van der Waals surface area contributed by atoms with E-state index in [0.29, 0.717) is 47.6 Å². The number of ether oxygens (including phenoxy) is 2. The van der Waals surface area contributed by atoms with E-state index in [2.05, 4.69) is 44.7 Å². The van der Waals surface area contributed by atoms with Crippen molar-refractivity contribution in [2.24, 2.45) is 10.8 Å². The van der Waals surface area contributed by atoms with Crippen molar-refractivity contribution in [3.05, 3.63) is 118 Å². The standard InChI is InChI=1S/C38H40FNO4/c1-37(2)18-28-35(30(41)20-37)34(25-15-16-32(33(17-25)43-5)44-23-26-13-9-10-14-27(26)39)36-29(19-38(3,4)21-31(36)42)40(28)22-24-11-7-6-8-12-24/h6-17,34H,18-23H2,1-5H3. The third kappa shape index (κ3) is 5.70. The topological polar surface area (TPSA) is 55.8 Å². The quantitative estimate of drug-likeness (QED) is 0.276. The third-order valence-corrected chi connectivity index (χ3v) is 9.07. The lowest BCUT2D eigenvalue weighted by atomic mass is 9.63. The maximum absolute atomic E-state index is 14.3. The van der Waals surface area contributed by atoms with E-state index in [0.717, 1.165) is 35.4 Å². The van der Waals surface area contributed by atoms with Gasteiger partial charge in [-0.15, -0.1) is 0 Å². The molecule has 0 radical (unpaired) electrons. The van der Waals surface area contributed by atoms with Crippen LogP contribution in [0.5, 0.6) is 11.5 Å². The van der Waals surface area contributed by atoms with Crippen molar-refractivity contribution in [1.29, 1.82) is 0 Å². The molecule has 1 aliphatic heterocycles. The Bertz CT molecular complexity index is 1630. The zero-order chi connectivity index (χ0) is 31.2. The van der Waals surface area contributed by atoms with Crippen LogP contribution in [-0.2, 0) is 22.7 Å². The molecule has 3 aliphatic rings. The zero-order valence-electron chi connectivity index (χ0n) is 26.2. The minimum absolute atomic E-state index is 0.0476. The van der Waals surface area contributed by atoms with Crippen molar-refractivity contribution < 1.29 is 23.5 Å². The van der Waals surface area contributed by atoms with Gasteiger partial charge < -0.3 is 14.4 Å². The first-order valence-electron chi connectivity index (χ1n) is 15.3. The molecule has 0 saturated carbocycles. The van der Waals surface area contributed by atoms with Gasteiger partial charge in [0.05, 0.1) is 7.11 Å². The largest absolute Gasteiger partial charge is 0.493 e. The summed E-state index contributed by atoms with van der Waals surface area (Å²) >= 11 is 0. The van der Waals surface area contributed by atoms with E-state index in [4.69, 9.17) is 9.47 Å². The van der Waals surface area contributed by atoms with Crippen LogP contribution in [0.4, 0.5) is 4.39 Å². The molecule has 3 aromatic carbocycles. The van der Waals surface area contributed by atoms with Crippen LogP contribution in [0.2, 0.25) is 0 Å². The summed E-state index contributed by atoms with van der Waals surface area (Å²) in [5, 5.41) is 0. The predicted molar refractivity (Wildman–Crippen MR) is 169 cm³/mol. The van der Waals surface area contributed by atoms with Crippen LogP contribution in [0.1, 0.15) is 76.0 Å². The third-order valence-electron chi connectivity index (χ3n) is 9.07. The van der Waals surface area contributed by atoms with Crippen molar-refractivity contribution in [2.45, 2.75) is 72.4 Å². The van der Waals surface area contributed by atoms with Gasteiger partial charge in [0.15, 0.2) is 23.1 Å².